The summed E-state index contributed by atoms with van der Waals surface area (Å²) in [6, 6.07) is 4.48. The van der Waals surface area contributed by atoms with Crippen LogP contribution in [0.1, 0.15) is 39.7 Å². The lowest BCUT2D eigenvalue weighted by Crippen LogP contribution is -2.17. The van der Waals surface area contributed by atoms with E-state index in [4.69, 9.17) is 27.9 Å². The lowest BCUT2D eigenvalue weighted by atomic mass is 10.2. The maximum Gasteiger partial charge on any atom is 0.338 e. The first-order valence-corrected chi connectivity index (χ1v) is 9.01. The number of carbonyl (C=O) groups excluding carboxylic acids is 1. The molecule has 0 spiro atoms. The summed E-state index contributed by atoms with van der Waals surface area (Å²) in [6.07, 6.45) is -0.721. The van der Waals surface area contributed by atoms with Crippen molar-refractivity contribution < 1.29 is 9.53 Å². The van der Waals surface area contributed by atoms with Crippen LogP contribution < -0.4 is 5.56 Å². The Morgan fingerprint density at radius 1 is 1.28 bits per heavy atom. The van der Waals surface area contributed by atoms with Crippen LogP contribution >= 0.6 is 34.5 Å². The predicted molar refractivity (Wildman–Crippen MR) is 100 cm³/mol. The number of thiophene rings is 1. The Morgan fingerprint density at radius 2 is 2.00 bits per heavy atom. The van der Waals surface area contributed by atoms with E-state index in [1.165, 1.54) is 29.5 Å². The number of ether oxygens (including phenoxy) is 1. The Hall–Kier alpha value is -1.89. The van der Waals surface area contributed by atoms with Crippen LogP contribution in [0.25, 0.3) is 10.2 Å². The van der Waals surface area contributed by atoms with Crippen LogP contribution in [0.4, 0.5) is 0 Å². The number of aryl methyl sites for hydroxylation is 2. The Kier molecular flexibility index (Phi) is 4.86. The molecule has 0 aliphatic rings. The van der Waals surface area contributed by atoms with E-state index < -0.39 is 12.1 Å². The maximum atomic E-state index is 12.3. The molecule has 25 heavy (non-hydrogen) atoms. The second kappa shape index (κ2) is 6.78. The molecule has 0 aliphatic carbocycles. The fourth-order valence-corrected chi connectivity index (χ4v) is 3.71. The van der Waals surface area contributed by atoms with Crippen molar-refractivity contribution in [3.63, 3.8) is 0 Å². The van der Waals surface area contributed by atoms with Gasteiger partial charge in [0.2, 0.25) is 0 Å². The SMILES string of the molecule is Cc1sc2nc([C@@H](C)OC(=O)c3ccc(Cl)c(Cl)c3)[nH]c(=O)c2c1C. The van der Waals surface area contributed by atoms with Gasteiger partial charge in [0.15, 0.2) is 11.9 Å². The second-order valence-corrected chi connectivity index (χ2v) is 7.61. The first-order chi connectivity index (χ1) is 11.8. The van der Waals surface area contributed by atoms with Gasteiger partial charge in [-0.25, -0.2) is 9.78 Å². The summed E-state index contributed by atoms with van der Waals surface area (Å²) >= 11 is 13.2. The van der Waals surface area contributed by atoms with Gasteiger partial charge in [-0.05, 0) is 44.5 Å². The number of nitrogens with zero attached hydrogens (tertiary/aromatic N) is 1. The zero-order valence-corrected chi connectivity index (χ0v) is 16.0. The number of nitrogens with one attached hydrogen (secondary N) is 1. The van der Waals surface area contributed by atoms with E-state index in [-0.39, 0.29) is 16.1 Å². The highest BCUT2D eigenvalue weighted by Gasteiger charge is 2.19. The molecular formula is C17H14Cl2N2O3S. The first-order valence-electron chi connectivity index (χ1n) is 7.44. The van der Waals surface area contributed by atoms with Crippen molar-refractivity contribution in [2.24, 2.45) is 0 Å². The molecule has 3 rings (SSSR count). The highest BCUT2D eigenvalue weighted by atomic mass is 35.5. The smallest absolute Gasteiger partial charge is 0.338 e. The van der Waals surface area contributed by atoms with E-state index in [1.807, 2.05) is 13.8 Å². The van der Waals surface area contributed by atoms with E-state index in [1.54, 1.807) is 6.92 Å². The van der Waals surface area contributed by atoms with E-state index in [9.17, 15) is 9.59 Å². The summed E-state index contributed by atoms with van der Waals surface area (Å²) in [6.45, 7) is 5.47. The molecule has 3 aromatic rings. The number of H-pyrrole nitrogens is 1. The number of aromatic amines is 1. The van der Waals surface area contributed by atoms with Crippen molar-refractivity contribution in [1.29, 1.82) is 0 Å². The van der Waals surface area contributed by atoms with Crippen LogP contribution in [0.2, 0.25) is 10.0 Å². The van der Waals surface area contributed by atoms with Gasteiger partial charge in [-0.1, -0.05) is 23.2 Å². The van der Waals surface area contributed by atoms with Gasteiger partial charge in [0, 0.05) is 4.88 Å². The molecular weight excluding hydrogens is 383 g/mol. The molecule has 0 saturated heterocycles. The molecule has 0 amide bonds. The van der Waals surface area contributed by atoms with Crippen LogP contribution in [0, 0.1) is 13.8 Å². The molecule has 0 saturated carbocycles. The number of carbonyl (C=O) groups is 1. The summed E-state index contributed by atoms with van der Waals surface area (Å²) in [5.41, 5.74) is 0.951. The normalized spacial score (nSPS) is 12.4. The van der Waals surface area contributed by atoms with Crippen molar-refractivity contribution in [3.05, 3.63) is 60.4 Å². The molecule has 1 N–H and O–H groups in total. The third kappa shape index (κ3) is 3.42. The molecule has 0 radical (unpaired) electrons. The van der Waals surface area contributed by atoms with Gasteiger partial charge in [0.25, 0.3) is 5.56 Å². The van der Waals surface area contributed by atoms with E-state index in [0.717, 1.165) is 10.4 Å². The van der Waals surface area contributed by atoms with Crippen molar-refractivity contribution in [2.75, 3.05) is 0 Å². The zero-order valence-electron chi connectivity index (χ0n) is 13.6. The number of esters is 1. The molecule has 1 aromatic carbocycles. The van der Waals surface area contributed by atoms with Crippen molar-refractivity contribution >= 4 is 50.7 Å². The van der Waals surface area contributed by atoms with Crippen molar-refractivity contribution in [3.8, 4) is 0 Å². The number of aromatic nitrogens is 2. The van der Waals surface area contributed by atoms with E-state index >= 15 is 0 Å². The number of halogens is 2. The average Bonchev–Trinajstić information content (AvgIpc) is 2.84. The molecule has 0 aliphatic heterocycles. The highest BCUT2D eigenvalue weighted by molar-refractivity contribution is 7.18. The lowest BCUT2D eigenvalue weighted by molar-refractivity contribution is 0.0320. The van der Waals surface area contributed by atoms with Gasteiger partial charge < -0.3 is 9.72 Å². The molecule has 0 bridgehead atoms. The fourth-order valence-electron chi connectivity index (χ4n) is 2.37. The van der Waals surface area contributed by atoms with E-state index in [0.29, 0.717) is 21.1 Å². The molecule has 1 atom stereocenters. The molecule has 2 aromatic heterocycles. The van der Waals surface area contributed by atoms with Gasteiger partial charge in [-0.15, -0.1) is 11.3 Å². The lowest BCUT2D eigenvalue weighted by Gasteiger charge is -2.13. The van der Waals surface area contributed by atoms with Crippen LogP contribution in [-0.2, 0) is 4.74 Å². The Bertz CT molecular complexity index is 1040. The Balaban J connectivity index is 1.89. The maximum absolute atomic E-state index is 12.3. The molecule has 5 nitrogen and oxygen atoms in total. The van der Waals surface area contributed by atoms with Gasteiger partial charge in [0.1, 0.15) is 4.83 Å². The second-order valence-electron chi connectivity index (χ2n) is 5.59. The van der Waals surface area contributed by atoms with Gasteiger partial charge in [0.05, 0.1) is 21.0 Å². The summed E-state index contributed by atoms with van der Waals surface area (Å²) in [5.74, 6) is -0.278. The first kappa shape index (κ1) is 17.9. The Labute approximate surface area is 157 Å². The highest BCUT2D eigenvalue weighted by Crippen LogP contribution is 2.27. The van der Waals surface area contributed by atoms with Crippen molar-refractivity contribution in [1.82, 2.24) is 9.97 Å². The summed E-state index contributed by atoms with van der Waals surface area (Å²) in [4.78, 5) is 33.4. The molecule has 2 heterocycles. The van der Waals surface area contributed by atoms with E-state index in [2.05, 4.69) is 9.97 Å². The van der Waals surface area contributed by atoms with Crippen LogP contribution in [0.5, 0.6) is 0 Å². The minimum atomic E-state index is -0.721. The number of hydrogen-bond acceptors (Lipinski definition) is 5. The van der Waals surface area contributed by atoms with Crippen LogP contribution in [-0.4, -0.2) is 15.9 Å². The number of hydrogen-bond donors (Lipinski definition) is 1. The topological polar surface area (TPSA) is 72.0 Å². The Morgan fingerprint density at radius 3 is 2.68 bits per heavy atom. The number of fused-ring (bicyclic) bond motifs is 1. The molecule has 0 fully saturated rings. The van der Waals surface area contributed by atoms with Crippen LogP contribution in [0.3, 0.4) is 0 Å². The zero-order chi connectivity index (χ0) is 18.3. The fraction of sp³-hybridized carbons (Fsp3) is 0.235. The summed E-state index contributed by atoms with van der Waals surface area (Å²) in [7, 11) is 0. The monoisotopic (exact) mass is 396 g/mol. The molecule has 130 valence electrons. The summed E-state index contributed by atoms with van der Waals surface area (Å²) in [5, 5.41) is 1.20. The third-order valence-electron chi connectivity index (χ3n) is 3.88. The number of benzene rings is 1. The molecule has 8 heteroatoms. The third-order valence-corrected chi connectivity index (χ3v) is 5.72. The number of rotatable bonds is 3. The largest absolute Gasteiger partial charge is 0.451 e. The van der Waals surface area contributed by atoms with Gasteiger partial charge in [-0.2, -0.15) is 0 Å². The van der Waals surface area contributed by atoms with Crippen molar-refractivity contribution in [2.45, 2.75) is 26.9 Å². The standard InChI is InChI=1S/C17H14Cl2N2O3S/c1-7-9(3)25-16-13(7)15(22)20-14(21-16)8(2)24-17(23)10-4-5-11(18)12(19)6-10/h4-6,8H,1-3H3,(H,20,21,22)/t8-/m1/s1. The van der Waals surface area contributed by atoms with Gasteiger partial charge >= 0.3 is 5.97 Å². The molecule has 0 unspecified atom stereocenters. The quantitative estimate of drug-likeness (QED) is 0.643. The average molecular weight is 397 g/mol. The predicted octanol–water partition coefficient (Wildman–Crippen LogP) is 4.83. The van der Waals surface area contributed by atoms with Gasteiger partial charge in [-0.3, -0.25) is 4.79 Å². The minimum Gasteiger partial charge on any atom is -0.451 e. The summed E-state index contributed by atoms with van der Waals surface area (Å²) < 4.78 is 5.39. The minimum absolute atomic E-state index is 0.237. The van der Waals surface area contributed by atoms with Crippen LogP contribution in [0.15, 0.2) is 23.0 Å².